The smallest absolute Gasteiger partial charge is 0.305 e. The van der Waals surface area contributed by atoms with E-state index in [1.54, 1.807) is 0 Å². The van der Waals surface area contributed by atoms with Gasteiger partial charge in [-0.05, 0) is 19.8 Å². The van der Waals surface area contributed by atoms with Crippen molar-refractivity contribution in [3.05, 3.63) is 0 Å². The van der Waals surface area contributed by atoms with Gasteiger partial charge in [-0.25, -0.2) is 0 Å². The van der Waals surface area contributed by atoms with Crippen LogP contribution in [0.15, 0.2) is 0 Å². The van der Waals surface area contributed by atoms with Crippen LogP contribution in [0.4, 0.5) is 0 Å². The van der Waals surface area contributed by atoms with E-state index in [4.69, 9.17) is 9.47 Å². The third kappa shape index (κ3) is 4.94. The Kier molecular flexibility index (Phi) is 5.77. The van der Waals surface area contributed by atoms with Crippen LogP contribution in [0.2, 0.25) is 0 Å². The Morgan fingerprint density at radius 3 is 2.44 bits per heavy atom. The number of esters is 1. The van der Waals surface area contributed by atoms with Gasteiger partial charge in [-0.15, -0.1) is 0 Å². The number of carbonyl (C=O) groups is 1. The maximum Gasteiger partial charge on any atom is 0.305 e. The lowest BCUT2D eigenvalue weighted by molar-refractivity contribution is -0.147. The number of hydrogen-bond acceptors (Lipinski definition) is 4. The maximum absolute atomic E-state index is 10.8. The first kappa shape index (κ1) is 13.5. The molecule has 0 unspecified atom stereocenters. The topological polar surface area (TPSA) is 44.8 Å². The highest BCUT2D eigenvalue weighted by Crippen LogP contribution is 2.25. The minimum atomic E-state index is -0.359. The van der Waals surface area contributed by atoms with Crippen LogP contribution in [0.3, 0.4) is 0 Å². The third-order valence-corrected chi connectivity index (χ3v) is 2.89. The molecule has 1 aliphatic rings. The fourth-order valence-corrected chi connectivity index (χ4v) is 1.87. The van der Waals surface area contributed by atoms with Crippen molar-refractivity contribution in [1.82, 2.24) is 0 Å². The number of rotatable bonds is 7. The highest BCUT2D eigenvalue weighted by Gasteiger charge is 2.29. The molecule has 0 aliphatic carbocycles. The summed E-state index contributed by atoms with van der Waals surface area (Å²) in [5.74, 6) is -0.475. The fourth-order valence-electron chi connectivity index (χ4n) is 1.87. The molecule has 0 aromatic heterocycles. The van der Waals surface area contributed by atoms with Gasteiger partial charge >= 0.3 is 5.97 Å². The number of methoxy groups -OCH3 is 1. The number of carbonyl (C=O) groups excluding carboxylic acids is 1. The van der Waals surface area contributed by atoms with E-state index in [0.29, 0.717) is 19.6 Å². The standard InChI is InChI=1S/C12H22O4/c1-12(15-9-10-16-12)8-6-4-3-5-7-11(13)14-2/h3-10H2,1-2H3. The van der Waals surface area contributed by atoms with Crippen LogP contribution in [-0.2, 0) is 19.0 Å². The summed E-state index contributed by atoms with van der Waals surface area (Å²) in [5, 5.41) is 0. The third-order valence-electron chi connectivity index (χ3n) is 2.89. The first-order valence-electron chi connectivity index (χ1n) is 6.01. The largest absolute Gasteiger partial charge is 0.469 e. The van der Waals surface area contributed by atoms with Gasteiger partial charge in [0.1, 0.15) is 0 Å². The predicted octanol–water partition coefficient (Wildman–Crippen LogP) is 2.26. The van der Waals surface area contributed by atoms with Crippen molar-refractivity contribution in [1.29, 1.82) is 0 Å². The lowest BCUT2D eigenvalue weighted by atomic mass is 10.1. The second kappa shape index (κ2) is 6.86. The van der Waals surface area contributed by atoms with Crippen molar-refractivity contribution < 1.29 is 19.0 Å². The second-order valence-electron chi connectivity index (χ2n) is 4.32. The summed E-state index contributed by atoms with van der Waals surface area (Å²) >= 11 is 0. The first-order chi connectivity index (χ1) is 7.66. The van der Waals surface area contributed by atoms with Gasteiger partial charge in [-0.2, -0.15) is 0 Å². The summed E-state index contributed by atoms with van der Waals surface area (Å²) < 4.78 is 15.6. The zero-order valence-electron chi connectivity index (χ0n) is 10.3. The van der Waals surface area contributed by atoms with E-state index >= 15 is 0 Å². The maximum atomic E-state index is 10.8. The Bertz CT molecular complexity index is 209. The average Bonchev–Trinajstić information content (AvgIpc) is 2.70. The van der Waals surface area contributed by atoms with E-state index in [0.717, 1.165) is 32.1 Å². The van der Waals surface area contributed by atoms with E-state index < -0.39 is 0 Å². The fraction of sp³-hybridized carbons (Fsp3) is 0.917. The Balaban J connectivity index is 1.93. The summed E-state index contributed by atoms with van der Waals surface area (Å²) in [7, 11) is 1.43. The molecule has 1 fully saturated rings. The van der Waals surface area contributed by atoms with Gasteiger partial charge in [-0.3, -0.25) is 4.79 Å². The molecule has 0 aromatic carbocycles. The molecule has 0 amide bonds. The second-order valence-corrected chi connectivity index (χ2v) is 4.32. The molecule has 16 heavy (non-hydrogen) atoms. The Labute approximate surface area is 97.2 Å². The molecule has 1 saturated heterocycles. The molecule has 0 aromatic rings. The van der Waals surface area contributed by atoms with Crippen molar-refractivity contribution in [2.75, 3.05) is 20.3 Å². The zero-order valence-corrected chi connectivity index (χ0v) is 10.3. The summed E-state index contributed by atoms with van der Waals surface area (Å²) in [6.45, 7) is 3.41. The molecular weight excluding hydrogens is 208 g/mol. The van der Waals surface area contributed by atoms with Gasteiger partial charge in [0.15, 0.2) is 5.79 Å². The van der Waals surface area contributed by atoms with E-state index in [2.05, 4.69) is 4.74 Å². The molecule has 0 bridgehead atoms. The van der Waals surface area contributed by atoms with Crippen molar-refractivity contribution in [3.8, 4) is 0 Å². The monoisotopic (exact) mass is 230 g/mol. The van der Waals surface area contributed by atoms with Crippen LogP contribution in [0.5, 0.6) is 0 Å². The predicted molar refractivity (Wildman–Crippen MR) is 60.0 cm³/mol. The molecular formula is C12H22O4. The van der Waals surface area contributed by atoms with Crippen LogP contribution >= 0.6 is 0 Å². The van der Waals surface area contributed by atoms with Gasteiger partial charge in [0.05, 0.1) is 20.3 Å². The number of hydrogen-bond donors (Lipinski definition) is 0. The van der Waals surface area contributed by atoms with E-state index in [1.165, 1.54) is 7.11 Å². The van der Waals surface area contributed by atoms with E-state index in [9.17, 15) is 4.79 Å². The molecule has 0 atom stereocenters. The van der Waals surface area contributed by atoms with Gasteiger partial charge in [0.25, 0.3) is 0 Å². The first-order valence-corrected chi connectivity index (χ1v) is 6.01. The van der Waals surface area contributed by atoms with Crippen LogP contribution in [0.1, 0.15) is 45.4 Å². The Morgan fingerprint density at radius 2 is 1.81 bits per heavy atom. The molecule has 94 valence electrons. The highest BCUT2D eigenvalue weighted by molar-refractivity contribution is 5.68. The molecule has 4 heteroatoms. The van der Waals surface area contributed by atoms with E-state index in [-0.39, 0.29) is 11.8 Å². The summed E-state index contributed by atoms with van der Waals surface area (Å²) in [5.41, 5.74) is 0. The minimum absolute atomic E-state index is 0.116. The van der Waals surface area contributed by atoms with Crippen LogP contribution < -0.4 is 0 Å². The Morgan fingerprint density at radius 1 is 1.19 bits per heavy atom. The quantitative estimate of drug-likeness (QED) is 0.497. The minimum Gasteiger partial charge on any atom is -0.469 e. The summed E-state index contributed by atoms with van der Waals surface area (Å²) in [6, 6.07) is 0. The van der Waals surface area contributed by atoms with Crippen molar-refractivity contribution in [3.63, 3.8) is 0 Å². The lowest BCUT2D eigenvalue weighted by Crippen LogP contribution is -2.24. The molecule has 1 aliphatic heterocycles. The Hall–Kier alpha value is -0.610. The molecule has 0 N–H and O–H groups in total. The summed E-state index contributed by atoms with van der Waals surface area (Å²) in [4.78, 5) is 10.8. The van der Waals surface area contributed by atoms with E-state index in [1.807, 2.05) is 6.92 Å². The summed E-state index contributed by atoms with van der Waals surface area (Å²) in [6.07, 6.45) is 5.62. The number of unbranched alkanes of at least 4 members (excludes halogenated alkanes) is 3. The van der Waals surface area contributed by atoms with Crippen LogP contribution in [0.25, 0.3) is 0 Å². The lowest BCUT2D eigenvalue weighted by Gasteiger charge is -2.21. The number of ether oxygens (including phenoxy) is 3. The molecule has 1 heterocycles. The highest BCUT2D eigenvalue weighted by atomic mass is 16.7. The molecule has 0 spiro atoms. The average molecular weight is 230 g/mol. The molecule has 4 nitrogen and oxygen atoms in total. The molecule has 0 radical (unpaired) electrons. The van der Waals surface area contributed by atoms with Crippen molar-refractivity contribution >= 4 is 5.97 Å². The van der Waals surface area contributed by atoms with Crippen molar-refractivity contribution in [2.45, 2.75) is 51.2 Å². The molecule has 1 rings (SSSR count). The normalized spacial score (nSPS) is 18.6. The van der Waals surface area contributed by atoms with Gasteiger partial charge in [0, 0.05) is 12.8 Å². The van der Waals surface area contributed by atoms with Crippen molar-refractivity contribution in [2.24, 2.45) is 0 Å². The SMILES string of the molecule is COC(=O)CCCCCCC1(C)OCCO1. The zero-order chi connectivity index (χ0) is 11.9. The van der Waals surface area contributed by atoms with Gasteiger partial charge in [0.2, 0.25) is 0 Å². The van der Waals surface area contributed by atoms with Crippen LogP contribution in [-0.4, -0.2) is 32.1 Å². The van der Waals surface area contributed by atoms with Gasteiger partial charge < -0.3 is 14.2 Å². The molecule has 0 saturated carbocycles. The van der Waals surface area contributed by atoms with Gasteiger partial charge in [-0.1, -0.05) is 12.8 Å². The van der Waals surface area contributed by atoms with Crippen LogP contribution in [0, 0.1) is 0 Å².